The summed E-state index contributed by atoms with van der Waals surface area (Å²) >= 11 is 0. The highest BCUT2D eigenvalue weighted by Gasteiger charge is 2.21. The molecule has 0 unspecified atom stereocenters. The van der Waals surface area contributed by atoms with E-state index in [4.69, 9.17) is 5.11 Å². The van der Waals surface area contributed by atoms with Crippen LogP contribution in [0.3, 0.4) is 0 Å². The molecule has 5 nitrogen and oxygen atoms in total. The molecule has 0 aliphatic heterocycles. The van der Waals surface area contributed by atoms with Crippen molar-refractivity contribution in [2.45, 2.75) is 4.90 Å². The van der Waals surface area contributed by atoms with E-state index in [0.29, 0.717) is 13.1 Å². The van der Waals surface area contributed by atoms with Gasteiger partial charge in [-0.25, -0.2) is 12.8 Å². The third-order valence-electron chi connectivity index (χ3n) is 2.49. The lowest BCUT2D eigenvalue weighted by Gasteiger charge is -2.19. The smallest absolute Gasteiger partial charge is 0.242 e. The Morgan fingerprint density at radius 1 is 1.22 bits per heavy atom. The summed E-state index contributed by atoms with van der Waals surface area (Å²) in [6, 6.07) is 3.03. The van der Waals surface area contributed by atoms with Crippen molar-refractivity contribution in [3.63, 3.8) is 0 Å². The van der Waals surface area contributed by atoms with Gasteiger partial charge < -0.3 is 10.0 Å². The summed E-state index contributed by atoms with van der Waals surface area (Å²) in [6.07, 6.45) is 0. The first-order valence-electron chi connectivity index (χ1n) is 5.34. The van der Waals surface area contributed by atoms with E-state index < -0.39 is 21.6 Å². The number of hydrogen-bond acceptors (Lipinski definition) is 4. The van der Waals surface area contributed by atoms with E-state index in [1.54, 1.807) is 0 Å². The molecule has 0 aliphatic carbocycles. The number of nitrogens with zero attached hydrogens (tertiary/aromatic N) is 2. The number of rotatable bonds is 5. The topological polar surface area (TPSA) is 60.9 Å². The molecule has 102 valence electrons. The molecule has 1 aromatic rings. The maximum absolute atomic E-state index is 13.1. The number of likely N-dealkylation sites (N-methyl/N-ethyl adjacent to an activating group) is 2. The fourth-order valence-corrected chi connectivity index (χ4v) is 2.46. The minimum Gasteiger partial charge on any atom is -0.505 e. The fraction of sp³-hybridized carbons (Fsp3) is 0.455. The fourth-order valence-electron chi connectivity index (χ4n) is 1.29. The van der Waals surface area contributed by atoms with E-state index in [-0.39, 0.29) is 4.90 Å². The molecule has 1 rings (SSSR count). The maximum Gasteiger partial charge on any atom is 0.242 e. The number of phenols is 1. The molecule has 0 saturated heterocycles. The highest BCUT2D eigenvalue weighted by molar-refractivity contribution is 7.89. The first kappa shape index (κ1) is 14.9. The molecule has 0 aliphatic rings. The number of sulfonamides is 1. The molecule has 0 heterocycles. The Morgan fingerprint density at radius 2 is 1.83 bits per heavy atom. The standard InChI is InChI=1S/C11H17FN2O3S/c1-13(2)6-7-14(3)18(16,17)9-4-5-11(15)10(12)8-9/h4-5,8,15H,6-7H2,1-3H3. The number of benzene rings is 1. The van der Waals surface area contributed by atoms with Crippen LogP contribution in [0.15, 0.2) is 23.1 Å². The van der Waals surface area contributed by atoms with Crippen molar-refractivity contribution in [1.29, 1.82) is 0 Å². The van der Waals surface area contributed by atoms with Crippen molar-refractivity contribution in [1.82, 2.24) is 9.21 Å². The lowest BCUT2D eigenvalue weighted by atomic mass is 10.3. The SMILES string of the molecule is CN(C)CCN(C)S(=O)(=O)c1ccc(O)c(F)c1. The van der Waals surface area contributed by atoms with Gasteiger partial charge in [-0.05, 0) is 32.3 Å². The summed E-state index contributed by atoms with van der Waals surface area (Å²) in [5.41, 5.74) is 0. The molecule has 1 N–H and O–H groups in total. The third-order valence-corrected chi connectivity index (χ3v) is 4.34. The molecule has 0 saturated carbocycles. The minimum absolute atomic E-state index is 0.168. The number of phenolic OH excluding ortho intramolecular Hbond substituents is 1. The summed E-state index contributed by atoms with van der Waals surface area (Å²) in [6.45, 7) is 0.869. The van der Waals surface area contributed by atoms with Crippen molar-refractivity contribution < 1.29 is 17.9 Å². The maximum atomic E-state index is 13.1. The summed E-state index contributed by atoms with van der Waals surface area (Å²) in [7, 11) is 1.38. The zero-order valence-electron chi connectivity index (χ0n) is 10.6. The molecule has 18 heavy (non-hydrogen) atoms. The first-order valence-corrected chi connectivity index (χ1v) is 6.78. The molecule has 0 amide bonds. The Balaban J connectivity index is 2.95. The van der Waals surface area contributed by atoms with Gasteiger partial charge in [0.15, 0.2) is 11.6 Å². The van der Waals surface area contributed by atoms with Crippen LogP contribution in [0.4, 0.5) is 4.39 Å². The van der Waals surface area contributed by atoms with Crippen LogP contribution in [0, 0.1) is 5.82 Å². The van der Waals surface area contributed by atoms with Crippen LogP contribution < -0.4 is 0 Å². The molecule has 0 atom stereocenters. The number of halogens is 1. The predicted molar refractivity (Wildman–Crippen MR) is 66.4 cm³/mol. The van der Waals surface area contributed by atoms with Gasteiger partial charge in [0.05, 0.1) is 4.90 Å². The summed E-state index contributed by atoms with van der Waals surface area (Å²) in [4.78, 5) is 1.68. The Bertz CT molecular complexity index is 517. The normalized spacial score (nSPS) is 12.3. The predicted octanol–water partition coefficient (Wildman–Crippen LogP) is 0.713. The van der Waals surface area contributed by atoms with Crippen LogP contribution in [0.5, 0.6) is 5.75 Å². The second kappa shape index (κ2) is 5.64. The Kier molecular flexibility index (Phi) is 4.66. The van der Waals surface area contributed by atoms with Gasteiger partial charge >= 0.3 is 0 Å². The highest BCUT2D eigenvalue weighted by atomic mass is 32.2. The molecule has 0 bridgehead atoms. The van der Waals surface area contributed by atoms with E-state index in [1.165, 1.54) is 13.1 Å². The van der Waals surface area contributed by atoms with Crippen LogP contribution in [0.25, 0.3) is 0 Å². The molecule has 0 spiro atoms. The van der Waals surface area contributed by atoms with Crippen LogP contribution in [-0.4, -0.2) is 57.0 Å². The summed E-state index contributed by atoms with van der Waals surface area (Å²) in [5, 5.41) is 9.03. The van der Waals surface area contributed by atoms with Crippen molar-refractivity contribution in [3.05, 3.63) is 24.0 Å². The second-order valence-electron chi connectivity index (χ2n) is 4.24. The second-order valence-corrected chi connectivity index (χ2v) is 6.29. The third kappa shape index (κ3) is 3.41. The van der Waals surface area contributed by atoms with E-state index >= 15 is 0 Å². The summed E-state index contributed by atoms with van der Waals surface area (Å²) < 4.78 is 38.4. The largest absolute Gasteiger partial charge is 0.505 e. The van der Waals surface area contributed by atoms with Gasteiger partial charge in [-0.2, -0.15) is 4.31 Å². The van der Waals surface area contributed by atoms with Crippen molar-refractivity contribution in [2.75, 3.05) is 34.2 Å². The Labute approximate surface area is 106 Å². The van der Waals surface area contributed by atoms with Gasteiger partial charge in [0, 0.05) is 20.1 Å². The number of hydrogen-bond donors (Lipinski definition) is 1. The van der Waals surface area contributed by atoms with Gasteiger partial charge in [0.25, 0.3) is 0 Å². The first-order chi connectivity index (χ1) is 8.25. The molecular formula is C11H17FN2O3S. The van der Waals surface area contributed by atoms with Crippen molar-refractivity contribution in [2.24, 2.45) is 0 Å². The molecule has 0 fully saturated rings. The average molecular weight is 276 g/mol. The molecule has 0 radical (unpaired) electrons. The van der Waals surface area contributed by atoms with Gasteiger partial charge in [0.1, 0.15) is 0 Å². The van der Waals surface area contributed by atoms with Crippen LogP contribution in [0.2, 0.25) is 0 Å². The lowest BCUT2D eigenvalue weighted by Crippen LogP contribution is -2.33. The molecule has 7 heteroatoms. The zero-order chi connectivity index (χ0) is 13.9. The summed E-state index contributed by atoms with van der Waals surface area (Å²) in [5.74, 6) is -1.51. The van der Waals surface area contributed by atoms with E-state index in [1.807, 2.05) is 19.0 Å². The van der Waals surface area contributed by atoms with Crippen LogP contribution in [-0.2, 0) is 10.0 Å². The Hall–Kier alpha value is -1.18. The van der Waals surface area contributed by atoms with E-state index in [9.17, 15) is 12.8 Å². The van der Waals surface area contributed by atoms with Crippen LogP contribution in [0.1, 0.15) is 0 Å². The number of aromatic hydroxyl groups is 1. The van der Waals surface area contributed by atoms with Gasteiger partial charge in [-0.1, -0.05) is 0 Å². The van der Waals surface area contributed by atoms with Crippen LogP contribution >= 0.6 is 0 Å². The minimum atomic E-state index is -3.72. The van der Waals surface area contributed by atoms with Gasteiger partial charge in [-0.3, -0.25) is 0 Å². The molecular weight excluding hydrogens is 259 g/mol. The van der Waals surface area contributed by atoms with Gasteiger partial charge in [0.2, 0.25) is 10.0 Å². The molecule has 1 aromatic carbocycles. The van der Waals surface area contributed by atoms with E-state index in [0.717, 1.165) is 16.4 Å². The van der Waals surface area contributed by atoms with Crippen molar-refractivity contribution in [3.8, 4) is 5.75 Å². The van der Waals surface area contributed by atoms with Crippen molar-refractivity contribution >= 4 is 10.0 Å². The van der Waals surface area contributed by atoms with Gasteiger partial charge in [-0.15, -0.1) is 0 Å². The highest BCUT2D eigenvalue weighted by Crippen LogP contribution is 2.21. The average Bonchev–Trinajstić information content (AvgIpc) is 2.29. The lowest BCUT2D eigenvalue weighted by molar-refractivity contribution is 0.358. The zero-order valence-corrected chi connectivity index (χ0v) is 11.4. The van der Waals surface area contributed by atoms with E-state index in [2.05, 4.69) is 0 Å². The monoisotopic (exact) mass is 276 g/mol. The molecule has 0 aromatic heterocycles. The Morgan fingerprint density at radius 3 is 2.33 bits per heavy atom. The quantitative estimate of drug-likeness (QED) is 0.860.